The highest BCUT2D eigenvalue weighted by molar-refractivity contribution is 6.42. The van der Waals surface area contributed by atoms with Crippen LogP contribution in [0.1, 0.15) is 25.1 Å². The molecule has 0 atom stereocenters. The first kappa shape index (κ1) is 14.9. The molecule has 0 unspecified atom stereocenters. The summed E-state index contributed by atoms with van der Waals surface area (Å²) < 4.78 is 0. The van der Waals surface area contributed by atoms with E-state index in [9.17, 15) is 4.79 Å². The molecule has 1 heterocycles. The van der Waals surface area contributed by atoms with Crippen LogP contribution in [0.5, 0.6) is 0 Å². The lowest BCUT2D eigenvalue weighted by Crippen LogP contribution is -2.39. The number of H-pyrrole nitrogens is 1. The van der Waals surface area contributed by atoms with E-state index >= 15 is 0 Å². The summed E-state index contributed by atoms with van der Waals surface area (Å²) in [5, 5.41) is 10.4. The molecule has 2 N–H and O–H groups in total. The standard InChI is InChI=1S/C14H15Cl2N3O/c1-14(2,9-3-4-11(15)12(16)7-9)13(20)17-8-10-5-6-18-19-10/h3-7H,8H2,1-2H3,(H,17,20)(H,18,19). The van der Waals surface area contributed by atoms with Crippen LogP contribution in [-0.4, -0.2) is 16.1 Å². The molecule has 0 fully saturated rings. The monoisotopic (exact) mass is 311 g/mol. The zero-order chi connectivity index (χ0) is 14.8. The van der Waals surface area contributed by atoms with E-state index in [1.807, 2.05) is 26.0 Å². The van der Waals surface area contributed by atoms with Crippen molar-refractivity contribution in [3.8, 4) is 0 Å². The molecule has 0 aliphatic heterocycles. The van der Waals surface area contributed by atoms with Crippen molar-refractivity contribution in [1.82, 2.24) is 15.5 Å². The number of hydrogen-bond donors (Lipinski definition) is 2. The van der Waals surface area contributed by atoms with Crippen LogP contribution in [0.25, 0.3) is 0 Å². The zero-order valence-corrected chi connectivity index (χ0v) is 12.7. The molecule has 6 heteroatoms. The van der Waals surface area contributed by atoms with Crippen LogP contribution in [-0.2, 0) is 16.8 Å². The topological polar surface area (TPSA) is 57.8 Å². The Morgan fingerprint density at radius 2 is 2.05 bits per heavy atom. The lowest BCUT2D eigenvalue weighted by Gasteiger charge is -2.24. The molecule has 1 aromatic carbocycles. The van der Waals surface area contributed by atoms with E-state index in [4.69, 9.17) is 23.2 Å². The second-order valence-corrected chi connectivity index (χ2v) is 5.83. The van der Waals surface area contributed by atoms with Crippen molar-refractivity contribution in [3.63, 3.8) is 0 Å². The molecule has 0 bridgehead atoms. The van der Waals surface area contributed by atoms with E-state index in [0.29, 0.717) is 16.6 Å². The normalized spacial score (nSPS) is 11.4. The van der Waals surface area contributed by atoms with Gasteiger partial charge in [-0.05, 0) is 37.6 Å². The fourth-order valence-corrected chi connectivity index (χ4v) is 2.09. The number of hydrogen-bond acceptors (Lipinski definition) is 2. The molecule has 1 amide bonds. The number of benzene rings is 1. The van der Waals surface area contributed by atoms with E-state index in [0.717, 1.165) is 11.3 Å². The largest absolute Gasteiger partial charge is 0.350 e. The first-order chi connectivity index (χ1) is 9.41. The van der Waals surface area contributed by atoms with E-state index in [-0.39, 0.29) is 5.91 Å². The third kappa shape index (κ3) is 3.14. The van der Waals surface area contributed by atoms with Gasteiger partial charge in [0.25, 0.3) is 0 Å². The van der Waals surface area contributed by atoms with Gasteiger partial charge >= 0.3 is 0 Å². The molecule has 20 heavy (non-hydrogen) atoms. The fraction of sp³-hybridized carbons (Fsp3) is 0.286. The highest BCUT2D eigenvalue weighted by Gasteiger charge is 2.30. The number of carbonyl (C=O) groups is 1. The Balaban J connectivity index is 2.11. The molecular weight excluding hydrogens is 297 g/mol. The summed E-state index contributed by atoms with van der Waals surface area (Å²) in [6, 6.07) is 7.04. The average Bonchev–Trinajstić information content (AvgIpc) is 2.92. The molecule has 0 aliphatic rings. The predicted octanol–water partition coefficient (Wildman–Crippen LogP) is 3.31. The van der Waals surface area contributed by atoms with Gasteiger partial charge in [-0.3, -0.25) is 9.89 Å². The molecule has 2 rings (SSSR count). The van der Waals surface area contributed by atoms with E-state index in [1.165, 1.54) is 0 Å². The number of carbonyl (C=O) groups excluding carboxylic acids is 1. The minimum atomic E-state index is -0.700. The third-order valence-corrected chi connectivity index (χ3v) is 3.95. The molecular formula is C14H15Cl2N3O. The lowest BCUT2D eigenvalue weighted by molar-refractivity contribution is -0.125. The summed E-state index contributed by atoms with van der Waals surface area (Å²) in [7, 11) is 0. The summed E-state index contributed by atoms with van der Waals surface area (Å²) in [5.74, 6) is -0.0921. The number of nitrogens with one attached hydrogen (secondary N) is 2. The van der Waals surface area contributed by atoms with Crippen LogP contribution in [0.15, 0.2) is 30.5 Å². The Bertz CT molecular complexity index is 609. The molecule has 0 spiro atoms. The van der Waals surface area contributed by atoms with E-state index in [2.05, 4.69) is 15.5 Å². The van der Waals surface area contributed by atoms with Crippen molar-refractivity contribution in [2.24, 2.45) is 0 Å². The van der Waals surface area contributed by atoms with Gasteiger partial charge in [-0.15, -0.1) is 0 Å². The highest BCUT2D eigenvalue weighted by Crippen LogP contribution is 2.30. The maximum atomic E-state index is 12.3. The lowest BCUT2D eigenvalue weighted by atomic mass is 9.83. The smallest absolute Gasteiger partial charge is 0.230 e. The first-order valence-corrected chi connectivity index (χ1v) is 6.89. The van der Waals surface area contributed by atoms with Gasteiger partial charge in [0.1, 0.15) is 0 Å². The van der Waals surface area contributed by atoms with Crippen molar-refractivity contribution in [3.05, 3.63) is 51.8 Å². The maximum absolute atomic E-state index is 12.3. The van der Waals surface area contributed by atoms with Crippen molar-refractivity contribution in [2.45, 2.75) is 25.8 Å². The Morgan fingerprint density at radius 3 is 2.65 bits per heavy atom. The summed E-state index contributed by atoms with van der Waals surface area (Å²) >= 11 is 11.9. The van der Waals surface area contributed by atoms with Crippen molar-refractivity contribution in [1.29, 1.82) is 0 Å². The van der Waals surface area contributed by atoms with Gasteiger partial charge in [-0.2, -0.15) is 5.10 Å². The second kappa shape index (κ2) is 5.85. The number of aromatic nitrogens is 2. The molecule has 1 aromatic heterocycles. The second-order valence-electron chi connectivity index (χ2n) is 5.02. The number of nitrogens with zero attached hydrogens (tertiary/aromatic N) is 1. The average molecular weight is 312 g/mol. The minimum Gasteiger partial charge on any atom is -0.350 e. The molecule has 0 radical (unpaired) electrons. The number of aromatic amines is 1. The quantitative estimate of drug-likeness (QED) is 0.910. The molecule has 0 saturated heterocycles. The van der Waals surface area contributed by atoms with Crippen LogP contribution in [0, 0.1) is 0 Å². The molecule has 0 saturated carbocycles. The van der Waals surface area contributed by atoms with Gasteiger partial charge in [0, 0.05) is 6.20 Å². The van der Waals surface area contributed by atoms with Gasteiger partial charge in [0.2, 0.25) is 5.91 Å². The summed E-state index contributed by atoms with van der Waals surface area (Å²) in [6.07, 6.45) is 1.64. The molecule has 0 aliphatic carbocycles. The first-order valence-electron chi connectivity index (χ1n) is 6.13. The summed E-state index contributed by atoms with van der Waals surface area (Å²) in [6.45, 7) is 4.09. The van der Waals surface area contributed by atoms with Crippen LogP contribution in [0.3, 0.4) is 0 Å². The number of rotatable bonds is 4. The van der Waals surface area contributed by atoms with Gasteiger partial charge < -0.3 is 5.32 Å². The highest BCUT2D eigenvalue weighted by atomic mass is 35.5. The fourth-order valence-electron chi connectivity index (χ4n) is 1.80. The maximum Gasteiger partial charge on any atom is 0.230 e. The van der Waals surface area contributed by atoms with Crippen LogP contribution < -0.4 is 5.32 Å². The molecule has 4 nitrogen and oxygen atoms in total. The van der Waals surface area contributed by atoms with E-state index in [1.54, 1.807) is 18.3 Å². The van der Waals surface area contributed by atoms with Crippen LogP contribution in [0.2, 0.25) is 10.0 Å². The predicted molar refractivity (Wildman–Crippen MR) is 79.9 cm³/mol. The van der Waals surface area contributed by atoms with E-state index < -0.39 is 5.41 Å². The van der Waals surface area contributed by atoms with Crippen molar-refractivity contribution in [2.75, 3.05) is 0 Å². The summed E-state index contributed by atoms with van der Waals surface area (Å²) in [4.78, 5) is 12.3. The molecule has 106 valence electrons. The SMILES string of the molecule is CC(C)(C(=O)NCc1ccn[nH]1)c1ccc(Cl)c(Cl)c1. The Morgan fingerprint density at radius 1 is 1.30 bits per heavy atom. The van der Waals surface area contributed by atoms with Gasteiger partial charge in [-0.25, -0.2) is 0 Å². The Kier molecular flexibility index (Phi) is 4.35. The number of amides is 1. The number of halogens is 2. The third-order valence-electron chi connectivity index (χ3n) is 3.21. The molecule has 2 aromatic rings. The zero-order valence-electron chi connectivity index (χ0n) is 11.2. The minimum absolute atomic E-state index is 0.0921. The Labute approximate surface area is 127 Å². The van der Waals surface area contributed by atoms with Gasteiger partial charge in [0.15, 0.2) is 0 Å². The Hall–Kier alpha value is -1.52. The van der Waals surface area contributed by atoms with Crippen LogP contribution in [0.4, 0.5) is 0 Å². The van der Waals surface area contributed by atoms with Crippen LogP contribution >= 0.6 is 23.2 Å². The van der Waals surface area contributed by atoms with Crippen molar-refractivity contribution < 1.29 is 4.79 Å². The summed E-state index contributed by atoms with van der Waals surface area (Å²) in [5.41, 5.74) is 0.964. The van der Waals surface area contributed by atoms with Gasteiger partial charge in [0.05, 0.1) is 27.7 Å². The van der Waals surface area contributed by atoms with Crippen molar-refractivity contribution >= 4 is 29.1 Å². The van der Waals surface area contributed by atoms with Gasteiger partial charge in [-0.1, -0.05) is 29.3 Å².